The molecule has 0 radical (unpaired) electrons. The summed E-state index contributed by atoms with van der Waals surface area (Å²) < 4.78 is 9.48. The standard InChI is InChI=1S/C16H17N5O2S/c1-9-12(16(17-3)24-21-9)14(22)18-10(2)13-19-15(23-20-13)11-7-5-4-6-8-11/h4-8,10,17H,1-3H3,(H,18,22)/t10-/m0/s1. The van der Waals surface area contributed by atoms with E-state index in [1.165, 1.54) is 11.5 Å². The van der Waals surface area contributed by atoms with Crippen LogP contribution in [0.3, 0.4) is 0 Å². The Morgan fingerprint density at radius 3 is 2.75 bits per heavy atom. The number of amides is 1. The number of benzene rings is 1. The lowest BCUT2D eigenvalue weighted by atomic mass is 10.2. The Kier molecular flexibility index (Phi) is 4.57. The van der Waals surface area contributed by atoms with Crippen LogP contribution in [0.1, 0.15) is 34.8 Å². The molecule has 2 aromatic heterocycles. The maximum absolute atomic E-state index is 12.5. The average Bonchev–Trinajstić information content (AvgIpc) is 3.22. The highest BCUT2D eigenvalue weighted by Gasteiger charge is 2.22. The SMILES string of the molecule is CNc1snc(C)c1C(=O)N[C@@H](C)c1noc(-c2ccccc2)n1. The molecule has 1 aromatic carbocycles. The van der Waals surface area contributed by atoms with Gasteiger partial charge in [0.15, 0.2) is 5.82 Å². The van der Waals surface area contributed by atoms with Crippen molar-refractivity contribution in [3.8, 4) is 11.5 Å². The highest BCUT2D eigenvalue weighted by molar-refractivity contribution is 7.10. The number of aryl methyl sites for hydroxylation is 1. The van der Waals surface area contributed by atoms with E-state index in [1.807, 2.05) is 37.3 Å². The summed E-state index contributed by atoms with van der Waals surface area (Å²) in [5, 5.41) is 10.6. The van der Waals surface area contributed by atoms with E-state index in [1.54, 1.807) is 14.0 Å². The summed E-state index contributed by atoms with van der Waals surface area (Å²) in [5.74, 6) is 0.634. The van der Waals surface area contributed by atoms with Crippen molar-refractivity contribution in [2.24, 2.45) is 0 Å². The molecule has 0 aliphatic rings. The van der Waals surface area contributed by atoms with Crippen molar-refractivity contribution in [1.29, 1.82) is 0 Å². The van der Waals surface area contributed by atoms with E-state index in [0.29, 0.717) is 23.0 Å². The van der Waals surface area contributed by atoms with Crippen molar-refractivity contribution in [1.82, 2.24) is 19.8 Å². The first-order valence-corrected chi connectivity index (χ1v) is 8.21. The molecule has 24 heavy (non-hydrogen) atoms. The largest absolute Gasteiger partial charge is 0.378 e. The summed E-state index contributed by atoms with van der Waals surface area (Å²) in [7, 11) is 1.76. The molecular formula is C16H17N5O2S. The lowest BCUT2D eigenvalue weighted by Gasteiger charge is -2.10. The highest BCUT2D eigenvalue weighted by atomic mass is 32.1. The van der Waals surface area contributed by atoms with Gasteiger partial charge in [0.25, 0.3) is 11.8 Å². The third-order valence-electron chi connectivity index (χ3n) is 3.51. The number of nitrogens with zero attached hydrogens (tertiary/aromatic N) is 3. The van der Waals surface area contributed by atoms with Crippen LogP contribution in [-0.4, -0.2) is 27.5 Å². The van der Waals surface area contributed by atoms with Gasteiger partial charge in [0.1, 0.15) is 5.00 Å². The fourth-order valence-electron chi connectivity index (χ4n) is 2.25. The molecule has 8 heteroatoms. The minimum atomic E-state index is -0.386. The molecule has 0 bridgehead atoms. The number of carbonyl (C=O) groups is 1. The predicted molar refractivity (Wildman–Crippen MR) is 92.0 cm³/mol. The summed E-state index contributed by atoms with van der Waals surface area (Å²) in [5.41, 5.74) is 2.07. The number of rotatable bonds is 5. The maximum Gasteiger partial charge on any atom is 0.257 e. The number of anilines is 1. The molecule has 124 valence electrons. The molecule has 0 fully saturated rings. The van der Waals surface area contributed by atoms with Crippen LogP contribution in [0.2, 0.25) is 0 Å². The van der Waals surface area contributed by atoms with E-state index in [4.69, 9.17) is 4.52 Å². The van der Waals surface area contributed by atoms with E-state index in [-0.39, 0.29) is 11.9 Å². The van der Waals surface area contributed by atoms with Crippen molar-refractivity contribution < 1.29 is 9.32 Å². The molecule has 2 heterocycles. The topological polar surface area (TPSA) is 92.9 Å². The van der Waals surface area contributed by atoms with Crippen LogP contribution in [0, 0.1) is 6.92 Å². The molecule has 2 N–H and O–H groups in total. The van der Waals surface area contributed by atoms with Crippen LogP contribution in [0.4, 0.5) is 5.00 Å². The molecule has 0 spiro atoms. The van der Waals surface area contributed by atoms with E-state index in [9.17, 15) is 4.79 Å². The smallest absolute Gasteiger partial charge is 0.257 e. The monoisotopic (exact) mass is 343 g/mol. The second kappa shape index (κ2) is 6.79. The van der Waals surface area contributed by atoms with Crippen molar-refractivity contribution in [3.05, 3.63) is 47.4 Å². The van der Waals surface area contributed by atoms with Gasteiger partial charge in [-0.3, -0.25) is 4.79 Å². The van der Waals surface area contributed by atoms with E-state index >= 15 is 0 Å². The van der Waals surface area contributed by atoms with Crippen LogP contribution in [0.25, 0.3) is 11.5 Å². The summed E-state index contributed by atoms with van der Waals surface area (Å²) in [6.45, 7) is 3.62. The lowest BCUT2D eigenvalue weighted by Crippen LogP contribution is -2.28. The van der Waals surface area contributed by atoms with Gasteiger partial charge >= 0.3 is 0 Å². The molecule has 0 unspecified atom stereocenters. The zero-order valence-corrected chi connectivity index (χ0v) is 14.3. The number of hydrogen-bond acceptors (Lipinski definition) is 7. The predicted octanol–water partition coefficient (Wildman–Crippen LogP) is 3.03. The highest BCUT2D eigenvalue weighted by Crippen LogP contribution is 2.25. The summed E-state index contributed by atoms with van der Waals surface area (Å²) in [6, 6.07) is 9.11. The Morgan fingerprint density at radius 1 is 1.29 bits per heavy atom. The zero-order valence-electron chi connectivity index (χ0n) is 13.5. The third-order valence-corrected chi connectivity index (χ3v) is 4.47. The van der Waals surface area contributed by atoms with Gasteiger partial charge in [0, 0.05) is 12.6 Å². The minimum absolute atomic E-state index is 0.218. The Balaban J connectivity index is 1.76. The van der Waals surface area contributed by atoms with Crippen LogP contribution in [-0.2, 0) is 0 Å². The zero-order chi connectivity index (χ0) is 17.1. The second-order valence-electron chi connectivity index (χ2n) is 5.24. The van der Waals surface area contributed by atoms with Crippen molar-refractivity contribution >= 4 is 22.4 Å². The van der Waals surface area contributed by atoms with E-state index in [2.05, 4.69) is 25.1 Å². The quantitative estimate of drug-likeness (QED) is 0.740. The van der Waals surface area contributed by atoms with Gasteiger partial charge in [0.2, 0.25) is 0 Å². The molecule has 1 atom stereocenters. The van der Waals surface area contributed by atoms with Gasteiger partial charge in [-0.1, -0.05) is 23.4 Å². The van der Waals surface area contributed by atoms with Gasteiger partial charge in [0.05, 0.1) is 17.3 Å². The van der Waals surface area contributed by atoms with Gasteiger partial charge in [-0.05, 0) is 37.5 Å². The van der Waals surface area contributed by atoms with Gasteiger partial charge in [-0.15, -0.1) is 0 Å². The van der Waals surface area contributed by atoms with E-state index < -0.39 is 0 Å². The summed E-state index contributed by atoms with van der Waals surface area (Å²) >= 11 is 1.26. The van der Waals surface area contributed by atoms with Gasteiger partial charge < -0.3 is 15.2 Å². The fraction of sp³-hybridized carbons (Fsp3) is 0.250. The van der Waals surface area contributed by atoms with Crippen molar-refractivity contribution in [3.63, 3.8) is 0 Å². The minimum Gasteiger partial charge on any atom is -0.378 e. The van der Waals surface area contributed by atoms with Crippen LogP contribution in [0.15, 0.2) is 34.9 Å². The summed E-state index contributed by atoms with van der Waals surface area (Å²) in [6.07, 6.45) is 0. The molecule has 7 nitrogen and oxygen atoms in total. The third kappa shape index (κ3) is 3.13. The molecule has 0 saturated heterocycles. The summed E-state index contributed by atoms with van der Waals surface area (Å²) in [4.78, 5) is 16.9. The van der Waals surface area contributed by atoms with Gasteiger partial charge in [-0.25, -0.2) is 0 Å². The Hall–Kier alpha value is -2.74. The Bertz CT molecular complexity index is 843. The Labute approximate surface area is 143 Å². The number of aromatic nitrogens is 3. The normalized spacial score (nSPS) is 12.0. The lowest BCUT2D eigenvalue weighted by molar-refractivity contribution is 0.0938. The second-order valence-corrected chi connectivity index (χ2v) is 6.01. The van der Waals surface area contributed by atoms with Crippen LogP contribution in [0.5, 0.6) is 0 Å². The van der Waals surface area contributed by atoms with Crippen molar-refractivity contribution in [2.45, 2.75) is 19.9 Å². The molecule has 0 aliphatic heterocycles. The van der Waals surface area contributed by atoms with Crippen molar-refractivity contribution in [2.75, 3.05) is 12.4 Å². The van der Waals surface area contributed by atoms with Gasteiger partial charge in [-0.2, -0.15) is 9.36 Å². The first-order valence-electron chi connectivity index (χ1n) is 7.44. The fourth-order valence-corrected chi connectivity index (χ4v) is 2.99. The first-order chi connectivity index (χ1) is 11.6. The maximum atomic E-state index is 12.5. The molecule has 1 amide bonds. The molecule has 0 aliphatic carbocycles. The molecule has 3 rings (SSSR count). The molecule has 0 saturated carbocycles. The average molecular weight is 343 g/mol. The molecular weight excluding hydrogens is 326 g/mol. The van der Waals surface area contributed by atoms with Crippen LogP contribution < -0.4 is 10.6 Å². The Morgan fingerprint density at radius 2 is 2.04 bits per heavy atom. The van der Waals surface area contributed by atoms with E-state index in [0.717, 1.165) is 10.6 Å². The molecule has 3 aromatic rings. The number of nitrogens with one attached hydrogen (secondary N) is 2. The number of carbonyl (C=O) groups excluding carboxylic acids is 1. The first kappa shape index (κ1) is 16.1. The van der Waals surface area contributed by atoms with Crippen LogP contribution >= 0.6 is 11.5 Å². The number of hydrogen-bond donors (Lipinski definition) is 2.